The lowest BCUT2D eigenvalue weighted by Gasteiger charge is -2.19. The molecule has 21 heavy (non-hydrogen) atoms. The van der Waals surface area contributed by atoms with Crippen LogP contribution in [-0.2, 0) is 11.3 Å². The van der Waals surface area contributed by atoms with Crippen LogP contribution in [0.2, 0.25) is 0 Å². The van der Waals surface area contributed by atoms with Crippen LogP contribution in [-0.4, -0.2) is 12.8 Å². The van der Waals surface area contributed by atoms with E-state index in [1.807, 2.05) is 0 Å². The molecule has 108 valence electrons. The zero-order chi connectivity index (χ0) is 14.7. The smallest absolute Gasteiger partial charge is 0.106 e. The lowest BCUT2D eigenvalue weighted by Crippen LogP contribution is -2.13. The van der Waals surface area contributed by atoms with Crippen molar-refractivity contribution in [3.05, 3.63) is 59.2 Å². The van der Waals surface area contributed by atoms with E-state index in [9.17, 15) is 0 Å². The zero-order valence-electron chi connectivity index (χ0n) is 12.7. The lowest BCUT2D eigenvalue weighted by atomic mass is 9.87. The molecular weight excluding hydrogens is 258 g/mol. The highest BCUT2D eigenvalue weighted by molar-refractivity contribution is 6.01. The molecule has 3 rings (SSSR count). The van der Waals surface area contributed by atoms with Crippen molar-refractivity contribution in [2.75, 3.05) is 7.11 Å². The summed E-state index contributed by atoms with van der Waals surface area (Å²) in [6, 6.07) is 15.2. The highest BCUT2D eigenvalue weighted by Gasteiger charge is 2.17. The van der Waals surface area contributed by atoms with Crippen LogP contribution >= 0.6 is 0 Å². The molecule has 0 heterocycles. The van der Waals surface area contributed by atoms with E-state index in [0.29, 0.717) is 0 Å². The zero-order valence-corrected chi connectivity index (χ0v) is 12.7. The summed E-state index contributed by atoms with van der Waals surface area (Å²) in [5.74, 6) is 0. The van der Waals surface area contributed by atoms with E-state index in [1.165, 1.54) is 40.3 Å². The fourth-order valence-corrected chi connectivity index (χ4v) is 3.09. The maximum atomic E-state index is 5.02. The van der Waals surface area contributed by atoms with E-state index < -0.39 is 0 Å². The molecule has 0 radical (unpaired) electrons. The van der Waals surface area contributed by atoms with Crippen LogP contribution in [0.15, 0.2) is 58.8 Å². The second-order valence-corrected chi connectivity index (χ2v) is 5.69. The Morgan fingerprint density at radius 1 is 1.05 bits per heavy atom. The van der Waals surface area contributed by atoms with Gasteiger partial charge in [-0.1, -0.05) is 53.2 Å². The number of hydrogen-bond acceptors (Lipinski definition) is 2. The molecule has 0 aromatic heterocycles. The van der Waals surface area contributed by atoms with E-state index in [1.54, 1.807) is 7.11 Å². The highest BCUT2D eigenvalue weighted by Crippen LogP contribution is 2.27. The van der Waals surface area contributed by atoms with Crippen LogP contribution in [0.1, 0.15) is 31.7 Å². The van der Waals surface area contributed by atoms with Gasteiger partial charge in [0.25, 0.3) is 0 Å². The SMILES string of the molecule is CON=C1CCCC(C)=C1Cc1ccc2ccccc2c1. The third-order valence-corrected chi connectivity index (χ3v) is 4.23. The standard InChI is InChI=1S/C19H21NO/c1-14-6-5-9-19(20-21-2)18(14)13-15-10-11-16-7-3-4-8-17(16)12-15/h3-4,7-8,10-12H,5-6,9,13H2,1-2H3. The van der Waals surface area contributed by atoms with E-state index in [0.717, 1.165) is 18.6 Å². The van der Waals surface area contributed by atoms with Gasteiger partial charge < -0.3 is 4.84 Å². The van der Waals surface area contributed by atoms with Crippen LogP contribution in [0, 0.1) is 0 Å². The molecule has 0 fully saturated rings. The molecule has 0 saturated carbocycles. The van der Waals surface area contributed by atoms with Gasteiger partial charge >= 0.3 is 0 Å². The third kappa shape index (κ3) is 2.99. The fraction of sp³-hybridized carbons (Fsp3) is 0.316. The summed E-state index contributed by atoms with van der Waals surface area (Å²) in [5, 5.41) is 6.83. The lowest BCUT2D eigenvalue weighted by molar-refractivity contribution is 0.212. The summed E-state index contributed by atoms with van der Waals surface area (Å²) in [5.41, 5.74) is 5.27. The largest absolute Gasteiger partial charge is 0.399 e. The third-order valence-electron chi connectivity index (χ3n) is 4.23. The Kier molecular flexibility index (Phi) is 4.05. The molecule has 0 N–H and O–H groups in total. The Hall–Kier alpha value is -2.09. The second kappa shape index (κ2) is 6.13. The summed E-state index contributed by atoms with van der Waals surface area (Å²) in [7, 11) is 1.63. The minimum atomic E-state index is 0.943. The van der Waals surface area contributed by atoms with Gasteiger partial charge in [0.2, 0.25) is 0 Å². The molecule has 2 nitrogen and oxygen atoms in total. The first-order chi connectivity index (χ1) is 10.3. The van der Waals surface area contributed by atoms with Gasteiger partial charge in [-0.3, -0.25) is 0 Å². The highest BCUT2D eigenvalue weighted by atomic mass is 16.6. The Labute approximate surface area is 126 Å². The van der Waals surface area contributed by atoms with Crippen molar-refractivity contribution in [3.63, 3.8) is 0 Å². The molecule has 0 saturated heterocycles. The monoisotopic (exact) mass is 279 g/mol. The summed E-state index contributed by atoms with van der Waals surface area (Å²) >= 11 is 0. The maximum Gasteiger partial charge on any atom is 0.106 e. The number of hydrogen-bond donors (Lipinski definition) is 0. The molecule has 0 aliphatic heterocycles. The van der Waals surface area contributed by atoms with E-state index in [2.05, 4.69) is 54.5 Å². The summed E-state index contributed by atoms with van der Waals surface area (Å²) in [6.07, 6.45) is 4.31. The minimum absolute atomic E-state index is 0.943. The van der Waals surface area contributed by atoms with Crippen LogP contribution in [0.3, 0.4) is 0 Å². The molecule has 1 aliphatic rings. The number of fused-ring (bicyclic) bond motifs is 1. The first kappa shape index (κ1) is 13.9. The second-order valence-electron chi connectivity index (χ2n) is 5.69. The first-order valence-electron chi connectivity index (χ1n) is 7.54. The predicted octanol–water partition coefficient (Wildman–Crippen LogP) is 4.89. The molecular formula is C19H21NO. The van der Waals surface area contributed by atoms with Crippen LogP contribution in [0.4, 0.5) is 0 Å². The normalized spacial score (nSPS) is 17.5. The van der Waals surface area contributed by atoms with Crippen molar-refractivity contribution in [1.82, 2.24) is 0 Å². The van der Waals surface area contributed by atoms with Crippen LogP contribution in [0.5, 0.6) is 0 Å². The maximum absolute atomic E-state index is 5.02. The molecule has 2 heteroatoms. The molecule has 0 amide bonds. The van der Waals surface area contributed by atoms with Gasteiger partial charge in [0.15, 0.2) is 0 Å². The average molecular weight is 279 g/mol. The molecule has 0 unspecified atom stereocenters. The van der Waals surface area contributed by atoms with Gasteiger partial charge in [0.1, 0.15) is 7.11 Å². The van der Waals surface area contributed by atoms with E-state index in [4.69, 9.17) is 4.84 Å². The van der Waals surface area contributed by atoms with Gasteiger partial charge in [-0.25, -0.2) is 0 Å². The summed E-state index contributed by atoms with van der Waals surface area (Å²) < 4.78 is 0. The number of oxime groups is 1. The van der Waals surface area contributed by atoms with E-state index >= 15 is 0 Å². The number of benzene rings is 2. The van der Waals surface area contributed by atoms with Gasteiger partial charge in [-0.2, -0.15) is 0 Å². The van der Waals surface area contributed by atoms with Crippen molar-refractivity contribution in [2.24, 2.45) is 5.16 Å². The summed E-state index contributed by atoms with van der Waals surface area (Å²) in [4.78, 5) is 5.02. The van der Waals surface area contributed by atoms with Gasteiger partial charge in [-0.15, -0.1) is 0 Å². The first-order valence-corrected chi connectivity index (χ1v) is 7.54. The van der Waals surface area contributed by atoms with Gasteiger partial charge in [-0.05, 0) is 54.5 Å². The van der Waals surface area contributed by atoms with Crippen LogP contribution < -0.4 is 0 Å². The van der Waals surface area contributed by atoms with Crippen molar-refractivity contribution >= 4 is 16.5 Å². The topological polar surface area (TPSA) is 21.6 Å². The Balaban J connectivity index is 1.94. The van der Waals surface area contributed by atoms with Crippen LogP contribution in [0.25, 0.3) is 10.8 Å². The molecule has 0 atom stereocenters. The van der Waals surface area contributed by atoms with Gasteiger partial charge in [0, 0.05) is 0 Å². The fourth-order valence-electron chi connectivity index (χ4n) is 3.09. The molecule has 2 aromatic carbocycles. The Bertz CT molecular complexity index is 712. The predicted molar refractivity (Wildman–Crippen MR) is 88.6 cm³/mol. The Morgan fingerprint density at radius 2 is 1.86 bits per heavy atom. The number of nitrogens with zero attached hydrogens (tertiary/aromatic N) is 1. The molecule has 0 bridgehead atoms. The quantitative estimate of drug-likeness (QED) is 0.733. The Morgan fingerprint density at radius 3 is 2.67 bits per heavy atom. The molecule has 2 aromatic rings. The van der Waals surface area contributed by atoms with Gasteiger partial charge in [0.05, 0.1) is 5.71 Å². The van der Waals surface area contributed by atoms with Crippen molar-refractivity contribution in [1.29, 1.82) is 0 Å². The number of allylic oxidation sites excluding steroid dienone is 2. The average Bonchev–Trinajstić information content (AvgIpc) is 2.51. The van der Waals surface area contributed by atoms with Crippen molar-refractivity contribution < 1.29 is 4.84 Å². The molecule has 1 aliphatic carbocycles. The molecule has 0 spiro atoms. The van der Waals surface area contributed by atoms with E-state index in [-0.39, 0.29) is 0 Å². The minimum Gasteiger partial charge on any atom is -0.399 e. The number of rotatable bonds is 3. The van der Waals surface area contributed by atoms with Crippen molar-refractivity contribution in [3.8, 4) is 0 Å². The summed E-state index contributed by atoms with van der Waals surface area (Å²) in [6.45, 7) is 2.22. The van der Waals surface area contributed by atoms with Crippen molar-refractivity contribution in [2.45, 2.75) is 32.6 Å².